The highest BCUT2D eigenvalue weighted by molar-refractivity contribution is 9.10. The van der Waals surface area contributed by atoms with Crippen LogP contribution in [0.1, 0.15) is 18.0 Å². The van der Waals surface area contributed by atoms with Crippen LogP contribution in [0.25, 0.3) is 10.2 Å². The number of rotatable bonds is 5. The zero-order valence-electron chi connectivity index (χ0n) is 13.5. The van der Waals surface area contributed by atoms with Gasteiger partial charge in [0.05, 0.1) is 17.3 Å². The second-order valence-corrected chi connectivity index (χ2v) is 7.80. The van der Waals surface area contributed by atoms with Crippen molar-refractivity contribution in [2.24, 2.45) is 0 Å². The van der Waals surface area contributed by atoms with Crippen LogP contribution in [-0.4, -0.2) is 24.5 Å². The lowest BCUT2D eigenvalue weighted by atomic mass is 10.3. The van der Waals surface area contributed by atoms with Crippen molar-refractivity contribution in [1.82, 2.24) is 4.98 Å². The molecule has 2 atom stereocenters. The third-order valence-electron chi connectivity index (χ3n) is 3.99. The molecule has 2 N–H and O–H groups in total. The molecule has 0 radical (unpaired) electrons. The first-order valence-corrected chi connectivity index (χ1v) is 9.37. The molecule has 0 saturated carbocycles. The Morgan fingerprint density at radius 2 is 1.96 bits per heavy atom. The number of para-hydroxylation sites is 1. The normalized spacial score (nSPS) is 13.6. The van der Waals surface area contributed by atoms with Crippen molar-refractivity contribution in [3.63, 3.8) is 0 Å². The van der Waals surface area contributed by atoms with Crippen LogP contribution >= 0.6 is 27.3 Å². The van der Waals surface area contributed by atoms with Crippen molar-refractivity contribution >= 4 is 49.1 Å². The van der Waals surface area contributed by atoms with Crippen molar-refractivity contribution in [2.75, 3.05) is 18.9 Å². The predicted octanol–water partition coefficient (Wildman–Crippen LogP) is 3.27. The van der Waals surface area contributed by atoms with E-state index in [2.05, 4.69) is 34.2 Å². The van der Waals surface area contributed by atoms with Gasteiger partial charge in [-0.2, -0.15) is 0 Å². The Hall–Kier alpha value is -1.76. The smallest absolute Gasteiger partial charge is 0.279 e. The van der Waals surface area contributed by atoms with E-state index in [1.807, 2.05) is 49.5 Å². The van der Waals surface area contributed by atoms with Gasteiger partial charge in [0.25, 0.3) is 5.91 Å². The molecule has 0 saturated heterocycles. The van der Waals surface area contributed by atoms with E-state index in [1.165, 1.54) is 4.70 Å². The number of amides is 1. The maximum Gasteiger partial charge on any atom is 0.279 e. The van der Waals surface area contributed by atoms with Gasteiger partial charge >= 0.3 is 0 Å². The lowest BCUT2D eigenvalue weighted by Crippen LogP contribution is -3.10. The van der Waals surface area contributed by atoms with Crippen molar-refractivity contribution in [3.05, 3.63) is 58.0 Å². The number of nitrogens with one attached hydrogen (secondary N) is 2. The number of hydrogen-bond acceptors (Lipinski definition) is 3. The minimum absolute atomic E-state index is 0.00258. The third-order valence-corrected chi connectivity index (χ3v) is 5.74. The van der Waals surface area contributed by atoms with Gasteiger partial charge in [-0.15, -0.1) is 11.3 Å². The van der Waals surface area contributed by atoms with Crippen LogP contribution in [0.15, 0.2) is 53.0 Å². The molecule has 1 heterocycles. The Morgan fingerprint density at radius 1 is 1.25 bits per heavy atom. The number of carbonyl (C=O) groups excluding carboxylic acids is 1. The van der Waals surface area contributed by atoms with E-state index >= 15 is 0 Å². The van der Waals surface area contributed by atoms with E-state index in [0.29, 0.717) is 6.54 Å². The number of aromatic nitrogens is 1. The number of thiazole rings is 1. The van der Waals surface area contributed by atoms with Crippen molar-refractivity contribution in [1.29, 1.82) is 0 Å². The fraction of sp³-hybridized carbons (Fsp3) is 0.222. The number of quaternary nitrogens is 1. The Labute approximate surface area is 153 Å². The molecule has 0 aliphatic heterocycles. The standard InChI is InChI=1S/C18H18BrN3OS/c1-12(18-21-15-5-3-4-6-16(15)24-18)22(2)11-17(23)20-14-9-7-13(19)8-10-14/h3-10,12H,11H2,1-2H3,(H,20,23)/p+1/t12-/m0/s1. The van der Waals surface area contributed by atoms with Crippen LogP contribution in [0.4, 0.5) is 5.69 Å². The Morgan fingerprint density at radius 3 is 2.67 bits per heavy atom. The van der Waals surface area contributed by atoms with Crippen LogP contribution in [0.2, 0.25) is 0 Å². The highest BCUT2D eigenvalue weighted by Crippen LogP contribution is 2.24. The summed E-state index contributed by atoms with van der Waals surface area (Å²) in [5, 5.41) is 4.00. The summed E-state index contributed by atoms with van der Waals surface area (Å²) in [4.78, 5) is 18.1. The second-order valence-electron chi connectivity index (χ2n) is 5.82. The van der Waals surface area contributed by atoms with Gasteiger partial charge in [0.1, 0.15) is 6.04 Å². The fourth-order valence-corrected chi connectivity index (χ4v) is 3.81. The highest BCUT2D eigenvalue weighted by Gasteiger charge is 2.22. The SMILES string of the molecule is C[C@@H](c1nc2ccccc2s1)[NH+](C)CC(=O)Nc1ccc(Br)cc1. The molecular weight excluding hydrogens is 386 g/mol. The number of fused-ring (bicyclic) bond motifs is 1. The van der Waals surface area contributed by atoms with Gasteiger partial charge in [0, 0.05) is 10.2 Å². The molecule has 4 nitrogen and oxygen atoms in total. The molecule has 3 aromatic rings. The van der Waals surface area contributed by atoms with Crippen molar-refractivity contribution in [2.45, 2.75) is 13.0 Å². The summed E-state index contributed by atoms with van der Waals surface area (Å²) in [6.07, 6.45) is 0. The quantitative estimate of drug-likeness (QED) is 0.685. The summed E-state index contributed by atoms with van der Waals surface area (Å²) in [6, 6.07) is 15.9. The van der Waals surface area contributed by atoms with E-state index in [9.17, 15) is 4.79 Å². The van der Waals surface area contributed by atoms with E-state index in [-0.39, 0.29) is 11.9 Å². The van der Waals surface area contributed by atoms with Gasteiger partial charge in [-0.25, -0.2) is 4.98 Å². The maximum atomic E-state index is 12.3. The van der Waals surface area contributed by atoms with Gasteiger partial charge in [-0.1, -0.05) is 28.1 Å². The summed E-state index contributed by atoms with van der Waals surface area (Å²) in [7, 11) is 2.03. The molecule has 1 amide bonds. The predicted molar refractivity (Wildman–Crippen MR) is 103 cm³/mol. The first-order chi connectivity index (χ1) is 11.5. The van der Waals surface area contributed by atoms with Gasteiger partial charge in [0.15, 0.2) is 11.6 Å². The minimum Gasteiger partial charge on any atom is -0.322 e. The van der Waals surface area contributed by atoms with Crippen LogP contribution in [0.3, 0.4) is 0 Å². The number of likely N-dealkylation sites (N-methyl/N-ethyl adjacent to an activating group) is 1. The number of anilines is 1. The molecule has 3 rings (SSSR count). The molecule has 0 aliphatic carbocycles. The second kappa shape index (κ2) is 7.42. The molecule has 24 heavy (non-hydrogen) atoms. The number of halogens is 1. The number of benzene rings is 2. The summed E-state index contributed by atoms with van der Waals surface area (Å²) >= 11 is 5.09. The summed E-state index contributed by atoms with van der Waals surface area (Å²) in [5.41, 5.74) is 1.83. The van der Waals surface area contributed by atoms with Crippen LogP contribution in [0.5, 0.6) is 0 Å². The number of carbonyl (C=O) groups is 1. The first kappa shape index (κ1) is 17.1. The zero-order chi connectivity index (χ0) is 17.1. The van der Waals surface area contributed by atoms with Crippen LogP contribution in [0, 0.1) is 0 Å². The Kier molecular flexibility index (Phi) is 5.28. The molecule has 2 aromatic carbocycles. The molecule has 0 aliphatic rings. The zero-order valence-corrected chi connectivity index (χ0v) is 15.9. The maximum absolute atomic E-state index is 12.3. The van der Waals surface area contributed by atoms with Crippen LogP contribution < -0.4 is 10.2 Å². The van der Waals surface area contributed by atoms with Gasteiger partial charge in [-0.05, 0) is 43.3 Å². The molecule has 6 heteroatoms. The molecule has 1 unspecified atom stereocenters. The van der Waals surface area contributed by atoms with E-state index < -0.39 is 0 Å². The molecule has 124 valence electrons. The van der Waals surface area contributed by atoms with Gasteiger partial charge < -0.3 is 10.2 Å². The number of hydrogen-bond donors (Lipinski definition) is 2. The topological polar surface area (TPSA) is 46.4 Å². The molecule has 1 aromatic heterocycles. The monoisotopic (exact) mass is 404 g/mol. The minimum atomic E-state index is 0.00258. The van der Waals surface area contributed by atoms with E-state index in [4.69, 9.17) is 4.98 Å². The summed E-state index contributed by atoms with van der Waals surface area (Å²) in [6.45, 7) is 2.51. The van der Waals surface area contributed by atoms with E-state index in [1.54, 1.807) is 11.3 Å². The first-order valence-electron chi connectivity index (χ1n) is 7.76. The Bertz CT molecular complexity index is 814. The van der Waals surface area contributed by atoms with Gasteiger partial charge in [-0.3, -0.25) is 4.79 Å². The number of nitrogens with zero attached hydrogens (tertiary/aromatic N) is 1. The molecule has 0 fully saturated rings. The van der Waals surface area contributed by atoms with E-state index in [0.717, 1.165) is 25.6 Å². The van der Waals surface area contributed by atoms with Gasteiger partial charge in [0.2, 0.25) is 0 Å². The third kappa shape index (κ3) is 4.01. The van der Waals surface area contributed by atoms with Crippen LogP contribution in [-0.2, 0) is 4.79 Å². The summed E-state index contributed by atoms with van der Waals surface area (Å²) < 4.78 is 2.18. The molecule has 0 spiro atoms. The average Bonchev–Trinajstić information content (AvgIpc) is 3.00. The molecular formula is C18H19BrN3OS+. The lowest BCUT2D eigenvalue weighted by Gasteiger charge is -2.19. The van der Waals surface area contributed by atoms with Crippen molar-refractivity contribution < 1.29 is 9.69 Å². The molecule has 0 bridgehead atoms. The largest absolute Gasteiger partial charge is 0.322 e. The average molecular weight is 405 g/mol. The summed E-state index contributed by atoms with van der Waals surface area (Å²) in [5.74, 6) is 0.00258. The van der Waals surface area contributed by atoms with Crippen molar-refractivity contribution in [3.8, 4) is 0 Å². The fourth-order valence-electron chi connectivity index (χ4n) is 2.43. The highest BCUT2D eigenvalue weighted by atomic mass is 79.9. The Balaban J connectivity index is 1.63. The lowest BCUT2D eigenvalue weighted by molar-refractivity contribution is -0.902.